The van der Waals surface area contributed by atoms with Crippen LogP contribution in [0.15, 0.2) is 48.6 Å². The van der Waals surface area contributed by atoms with Gasteiger partial charge in [0.25, 0.3) is 0 Å². The molecule has 2 aliphatic heterocycles. The van der Waals surface area contributed by atoms with Crippen LogP contribution in [0.4, 0.5) is 0 Å². The summed E-state index contributed by atoms with van der Waals surface area (Å²) < 4.78 is 37.2. The molecule has 10 atom stereocenters. The van der Waals surface area contributed by atoms with Gasteiger partial charge in [0, 0.05) is 12.2 Å². The number of esters is 2. The van der Waals surface area contributed by atoms with Crippen LogP contribution in [-0.2, 0) is 33.3 Å². The van der Waals surface area contributed by atoms with Crippen LogP contribution >= 0.6 is 0 Å². The summed E-state index contributed by atoms with van der Waals surface area (Å²) in [6.45, 7) is -1.38. The van der Waals surface area contributed by atoms with Crippen LogP contribution in [0, 0.1) is 0 Å². The van der Waals surface area contributed by atoms with Gasteiger partial charge in [-0.2, -0.15) is 0 Å². The topological polar surface area (TPSA) is 261 Å². The van der Waals surface area contributed by atoms with E-state index in [9.17, 15) is 50.4 Å². The molecule has 0 bridgehead atoms. The molecule has 2 aromatic carbocycles. The highest BCUT2D eigenvalue weighted by atomic mass is 16.7. The minimum absolute atomic E-state index is 0.132. The molecular weight excluding hydrogens is 656 g/mol. The average Bonchev–Trinajstić information content (AvgIpc) is 3.09. The molecule has 0 aromatic heterocycles. The van der Waals surface area contributed by atoms with E-state index in [4.69, 9.17) is 33.2 Å². The molecule has 0 unspecified atom stereocenters. The molecule has 0 spiro atoms. The van der Waals surface area contributed by atoms with Gasteiger partial charge in [-0.1, -0.05) is 12.1 Å². The molecule has 0 radical (unpaired) electrons. The molecule has 2 saturated heterocycles. The van der Waals surface area contributed by atoms with Gasteiger partial charge in [-0.05, 0) is 47.5 Å². The third kappa shape index (κ3) is 9.24. The van der Waals surface area contributed by atoms with Crippen LogP contribution in [-0.4, -0.2) is 142 Å². The lowest BCUT2D eigenvalue weighted by molar-refractivity contribution is -0.327. The van der Waals surface area contributed by atoms with Gasteiger partial charge in [-0.15, -0.1) is 0 Å². The van der Waals surface area contributed by atoms with Crippen LogP contribution in [0.1, 0.15) is 11.1 Å². The highest BCUT2D eigenvalue weighted by molar-refractivity contribution is 5.88. The van der Waals surface area contributed by atoms with Crippen molar-refractivity contribution in [1.29, 1.82) is 0 Å². The molecule has 268 valence electrons. The fraction of sp³-hybridized carbons (Fsp3) is 0.438. The first-order chi connectivity index (χ1) is 23.4. The molecule has 49 heavy (non-hydrogen) atoms. The number of aliphatic hydroxyl groups is 6. The Bertz CT molecular complexity index is 1490. The van der Waals surface area contributed by atoms with Crippen molar-refractivity contribution >= 4 is 24.1 Å². The number of hydrogen-bond donors (Lipinski definition) is 8. The maximum absolute atomic E-state index is 12.9. The van der Waals surface area contributed by atoms with Crippen LogP contribution < -0.4 is 9.47 Å². The third-order valence-corrected chi connectivity index (χ3v) is 7.63. The number of phenolic OH excluding ortho intramolecular Hbond substituents is 2. The number of aromatic hydroxyl groups is 2. The summed E-state index contributed by atoms with van der Waals surface area (Å²) in [6.07, 6.45) is -12.4. The van der Waals surface area contributed by atoms with E-state index < -0.39 is 86.6 Å². The van der Waals surface area contributed by atoms with Gasteiger partial charge in [0.1, 0.15) is 42.7 Å². The molecule has 0 amide bonds. The number of carbonyl (C=O) groups excluding carboxylic acids is 2. The normalized spacial score (nSPS) is 30.3. The maximum atomic E-state index is 12.9. The first-order valence-corrected chi connectivity index (χ1v) is 14.8. The van der Waals surface area contributed by atoms with E-state index in [-0.39, 0.29) is 23.0 Å². The zero-order valence-corrected chi connectivity index (χ0v) is 26.2. The van der Waals surface area contributed by atoms with E-state index in [1.165, 1.54) is 62.8 Å². The zero-order chi connectivity index (χ0) is 35.8. The second kappa shape index (κ2) is 16.9. The Morgan fingerprint density at radius 2 is 1.20 bits per heavy atom. The lowest BCUT2D eigenvalue weighted by Gasteiger charge is -2.43. The molecule has 2 heterocycles. The maximum Gasteiger partial charge on any atom is 0.333 e. The van der Waals surface area contributed by atoms with Crippen molar-refractivity contribution in [3.63, 3.8) is 0 Å². The smallest absolute Gasteiger partial charge is 0.333 e. The van der Waals surface area contributed by atoms with E-state index in [1.807, 2.05) is 0 Å². The number of phenols is 2. The molecule has 4 rings (SSSR count). The predicted octanol–water partition coefficient (Wildman–Crippen LogP) is -1.44. The fourth-order valence-corrected chi connectivity index (χ4v) is 4.91. The molecule has 2 aliphatic rings. The molecule has 2 aromatic rings. The Morgan fingerprint density at radius 1 is 0.694 bits per heavy atom. The van der Waals surface area contributed by atoms with Crippen LogP contribution in [0.25, 0.3) is 12.2 Å². The van der Waals surface area contributed by atoms with Gasteiger partial charge in [-0.3, -0.25) is 0 Å². The molecule has 17 heteroatoms. The summed E-state index contributed by atoms with van der Waals surface area (Å²) in [5.41, 5.74) is 0.855. The van der Waals surface area contributed by atoms with Gasteiger partial charge >= 0.3 is 11.9 Å². The summed E-state index contributed by atoms with van der Waals surface area (Å²) in [4.78, 5) is 25.7. The van der Waals surface area contributed by atoms with Crippen molar-refractivity contribution in [3.8, 4) is 23.0 Å². The Balaban J connectivity index is 1.51. The van der Waals surface area contributed by atoms with Crippen molar-refractivity contribution in [3.05, 3.63) is 59.7 Å². The lowest BCUT2D eigenvalue weighted by atomic mass is 9.98. The number of methoxy groups -OCH3 is 2. The summed E-state index contributed by atoms with van der Waals surface area (Å²) in [5.74, 6) is -2.08. The Kier molecular flexibility index (Phi) is 12.9. The van der Waals surface area contributed by atoms with Crippen molar-refractivity contribution in [2.24, 2.45) is 0 Å². The predicted molar refractivity (Wildman–Crippen MR) is 164 cm³/mol. The Labute approximate surface area is 279 Å². The summed E-state index contributed by atoms with van der Waals surface area (Å²) in [7, 11) is 2.68. The van der Waals surface area contributed by atoms with Crippen LogP contribution in [0.5, 0.6) is 23.0 Å². The standard InChI is InChI=1S/C32H38O17/c1-43-19-11-15(3-7-17(19)34)5-9-23(36)48-30-28(41)26(39)22(14-45-31-29(42)27(40)25(38)21(13-33)46-31)47-32(30)49-24(37)10-6-16-4-8-18(35)20(12-16)44-2/h3-12,21-22,25-35,38-42H,13-14H2,1-2H3/b9-5+,10-6+/t21-,22-,25-,26-,27+,28+,29-,30-,31-,32+/m1/s1. The van der Waals surface area contributed by atoms with Crippen LogP contribution in [0.2, 0.25) is 0 Å². The van der Waals surface area contributed by atoms with Crippen LogP contribution in [0.3, 0.4) is 0 Å². The van der Waals surface area contributed by atoms with E-state index in [2.05, 4.69) is 0 Å². The number of hydrogen-bond acceptors (Lipinski definition) is 17. The van der Waals surface area contributed by atoms with Crippen molar-refractivity contribution in [2.45, 2.75) is 61.4 Å². The first-order valence-electron chi connectivity index (χ1n) is 14.8. The highest BCUT2D eigenvalue weighted by Crippen LogP contribution is 2.30. The molecule has 0 saturated carbocycles. The Morgan fingerprint density at radius 3 is 1.73 bits per heavy atom. The quantitative estimate of drug-likeness (QED) is 0.0934. The van der Waals surface area contributed by atoms with Gasteiger partial charge in [-0.25, -0.2) is 9.59 Å². The second-order valence-electron chi connectivity index (χ2n) is 10.9. The summed E-state index contributed by atoms with van der Waals surface area (Å²) in [5, 5.41) is 81.2. The highest BCUT2D eigenvalue weighted by Gasteiger charge is 2.50. The number of rotatable bonds is 12. The number of benzene rings is 2. The summed E-state index contributed by atoms with van der Waals surface area (Å²) >= 11 is 0. The monoisotopic (exact) mass is 694 g/mol. The van der Waals surface area contributed by atoms with Crippen molar-refractivity contribution in [1.82, 2.24) is 0 Å². The molecule has 8 N–H and O–H groups in total. The average molecular weight is 695 g/mol. The molecule has 17 nitrogen and oxygen atoms in total. The zero-order valence-electron chi connectivity index (χ0n) is 26.2. The van der Waals surface area contributed by atoms with E-state index in [0.29, 0.717) is 11.1 Å². The van der Waals surface area contributed by atoms with E-state index >= 15 is 0 Å². The van der Waals surface area contributed by atoms with Gasteiger partial charge in [0.05, 0.1) is 27.4 Å². The third-order valence-electron chi connectivity index (χ3n) is 7.63. The number of carbonyl (C=O) groups is 2. The minimum atomic E-state index is -1.92. The van der Waals surface area contributed by atoms with E-state index in [0.717, 1.165) is 12.2 Å². The van der Waals surface area contributed by atoms with Crippen molar-refractivity contribution < 1.29 is 83.6 Å². The van der Waals surface area contributed by atoms with Gasteiger partial charge in [0.15, 0.2) is 35.4 Å². The molecular formula is C32H38O17. The number of aliphatic hydroxyl groups excluding tert-OH is 6. The first kappa shape index (κ1) is 37.5. The molecule has 0 aliphatic carbocycles. The fourth-order valence-electron chi connectivity index (χ4n) is 4.91. The Hall–Kier alpha value is -4.30. The molecule has 2 fully saturated rings. The summed E-state index contributed by atoms with van der Waals surface area (Å²) in [6, 6.07) is 8.49. The van der Waals surface area contributed by atoms with Crippen molar-refractivity contribution in [2.75, 3.05) is 27.4 Å². The number of ether oxygens (including phenoxy) is 7. The van der Waals surface area contributed by atoms with E-state index in [1.54, 1.807) is 0 Å². The van der Waals surface area contributed by atoms with Gasteiger partial charge < -0.3 is 74.0 Å². The largest absolute Gasteiger partial charge is 0.504 e. The minimum Gasteiger partial charge on any atom is -0.504 e. The SMILES string of the molecule is COc1cc(/C=C/C(=O)O[C@@H]2O[C@H](CO[C@@H]3O[C@H](CO)[C@@H](O)[C@H](O)[C@H]3O)[C@@H](O)[C@H](O)[C@H]2OC(=O)/C=C/c2ccc(O)c(OC)c2)ccc1O. The second-order valence-corrected chi connectivity index (χ2v) is 10.9. The lowest BCUT2D eigenvalue weighted by Crippen LogP contribution is -2.62. The van der Waals surface area contributed by atoms with Gasteiger partial charge in [0.2, 0.25) is 6.29 Å².